The molecular formula is C22H31N3O6. The predicted molar refractivity (Wildman–Crippen MR) is 114 cm³/mol. The molecule has 1 heterocycles. The molecule has 0 saturated carbocycles. The topological polar surface area (TPSA) is 96.5 Å². The van der Waals surface area contributed by atoms with Crippen molar-refractivity contribution in [1.82, 2.24) is 14.7 Å². The number of piperidine rings is 1. The molecule has 0 spiro atoms. The van der Waals surface area contributed by atoms with Gasteiger partial charge in [0.15, 0.2) is 6.61 Å². The first-order valence-corrected chi connectivity index (χ1v) is 10.4. The van der Waals surface area contributed by atoms with E-state index >= 15 is 0 Å². The van der Waals surface area contributed by atoms with Crippen molar-refractivity contribution in [3.63, 3.8) is 0 Å². The molecule has 1 aromatic rings. The van der Waals surface area contributed by atoms with E-state index in [-0.39, 0.29) is 42.8 Å². The quantitative estimate of drug-likeness (QED) is 0.568. The molecule has 0 aromatic heterocycles. The molecule has 0 N–H and O–H groups in total. The van der Waals surface area contributed by atoms with Crippen LogP contribution in [0.3, 0.4) is 0 Å². The van der Waals surface area contributed by atoms with E-state index in [4.69, 9.17) is 9.47 Å². The van der Waals surface area contributed by atoms with Crippen LogP contribution in [0.25, 0.3) is 0 Å². The van der Waals surface area contributed by atoms with Crippen LogP contribution in [-0.2, 0) is 19.1 Å². The van der Waals surface area contributed by atoms with Crippen molar-refractivity contribution in [3.05, 3.63) is 29.8 Å². The minimum atomic E-state index is -0.336. The van der Waals surface area contributed by atoms with Gasteiger partial charge in [-0.3, -0.25) is 19.2 Å². The van der Waals surface area contributed by atoms with E-state index in [2.05, 4.69) is 0 Å². The largest absolute Gasteiger partial charge is 0.484 e. The lowest BCUT2D eigenvalue weighted by Gasteiger charge is -2.32. The Hall–Kier alpha value is -3.10. The van der Waals surface area contributed by atoms with Crippen molar-refractivity contribution < 1.29 is 28.7 Å². The van der Waals surface area contributed by atoms with Gasteiger partial charge in [-0.25, -0.2) is 0 Å². The Kier molecular flexibility index (Phi) is 8.84. The monoisotopic (exact) mass is 433 g/mol. The first-order chi connectivity index (χ1) is 14.7. The van der Waals surface area contributed by atoms with Gasteiger partial charge in [-0.1, -0.05) is 6.07 Å². The van der Waals surface area contributed by atoms with E-state index in [1.54, 1.807) is 57.2 Å². The fourth-order valence-corrected chi connectivity index (χ4v) is 3.24. The van der Waals surface area contributed by atoms with Gasteiger partial charge >= 0.3 is 5.97 Å². The van der Waals surface area contributed by atoms with Crippen LogP contribution in [0.4, 0.5) is 0 Å². The molecule has 1 aliphatic heterocycles. The molecule has 31 heavy (non-hydrogen) atoms. The number of hydrogen-bond acceptors (Lipinski definition) is 6. The van der Waals surface area contributed by atoms with Crippen LogP contribution in [0.15, 0.2) is 24.3 Å². The fourth-order valence-electron chi connectivity index (χ4n) is 3.24. The summed E-state index contributed by atoms with van der Waals surface area (Å²) in [7, 11) is 4.82. The van der Waals surface area contributed by atoms with Gasteiger partial charge in [0, 0.05) is 39.8 Å². The second-order valence-electron chi connectivity index (χ2n) is 7.70. The lowest BCUT2D eigenvalue weighted by atomic mass is 9.98. The molecule has 1 unspecified atom stereocenters. The van der Waals surface area contributed by atoms with Gasteiger partial charge in [-0.15, -0.1) is 0 Å². The van der Waals surface area contributed by atoms with E-state index in [0.717, 1.165) is 6.42 Å². The number of hydrogen-bond donors (Lipinski definition) is 0. The van der Waals surface area contributed by atoms with Crippen LogP contribution in [0.1, 0.15) is 30.1 Å². The van der Waals surface area contributed by atoms with E-state index < -0.39 is 0 Å². The first-order valence-electron chi connectivity index (χ1n) is 10.4. The zero-order chi connectivity index (χ0) is 23.0. The fraction of sp³-hybridized carbons (Fsp3) is 0.545. The number of esters is 1. The molecule has 1 aliphatic rings. The summed E-state index contributed by atoms with van der Waals surface area (Å²) in [6, 6.07) is 6.49. The van der Waals surface area contributed by atoms with Crippen molar-refractivity contribution in [2.24, 2.45) is 5.92 Å². The van der Waals surface area contributed by atoms with Gasteiger partial charge in [-0.05, 0) is 38.0 Å². The maximum absolute atomic E-state index is 12.8. The van der Waals surface area contributed by atoms with Crippen LogP contribution >= 0.6 is 0 Å². The Balaban J connectivity index is 1.94. The number of carbonyl (C=O) groups excluding carboxylic acids is 4. The summed E-state index contributed by atoms with van der Waals surface area (Å²) in [5.41, 5.74) is 0.355. The van der Waals surface area contributed by atoms with E-state index in [1.165, 1.54) is 9.80 Å². The third kappa shape index (κ3) is 6.97. The highest BCUT2D eigenvalue weighted by Crippen LogP contribution is 2.19. The first kappa shape index (κ1) is 24.2. The lowest BCUT2D eigenvalue weighted by molar-refractivity contribution is -0.151. The van der Waals surface area contributed by atoms with Crippen molar-refractivity contribution >= 4 is 23.7 Å². The second-order valence-corrected chi connectivity index (χ2v) is 7.70. The van der Waals surface area contributed by atoms with Crippen LogP contribution in [0, 0.1) is 5.92 Å². The molecular weight excluding hydrogens is 402 g/mol. The molecule has 1 saturated heterocycles. The minimum Gasteiger partial charge on any atom is -0.484 e. The molecule has 1 aromatic carbocycles. The lowest BCUT2D eigenvalue weighted by Crippen LogP contribution is -2.47. The molecule has 0 bridgehead atoms. The summed E-state index contributed by atoms with van der Waals surface area (Å²) in [5, 5.41) is 0. The van der Waals surface area contributed by atoms with Gasteiger partial charge in [0.2, 0.25) is 5.91 Å². The van der Waals surface area contributed by atoms with E-state index in [9.17, 15) is 19.2 Å². The predicted octanol–water partition coefficient (Wildman–Crippen LogP) is 1.03. The van der Waals surface area contributed by atoms with Gasteiger partial charge in [0.25, 0.3) is 11.8 Å². The molecule has 2 rings (SSSR count). The third-order valence-corrected chi connectivity index (χ3v) is 5.06. The average Bonchev–Trinajstić information content (AvgIpc) is 2.77. The van der Waals surface area contributed by atoms with Gasteiger partial charge in [0.1, 0.15) is 5.75 Å². The zero-order valence-corrected chi connectivity index (χ0v) is 18.6. The summed E-state index contributed by atoms with van der Waals surface area (Å²) in [6.45, 7) is 2.70. The van der Waals surface area contributed by atoms with E-state index in [0.29, 0.717) is 37.4 Å². The summed E-state index contributed by atoms with van der Waals surface area (Å²) in [5.74, 6) is -0.951. The zero-order valence-electron chi connectivity index (χ0n) is 18.6. The minimum absolute atomic E-state index is 0.0986. The van der Waals surface area contributed by atoms with Crippen molar-refractivity contribution in [2.75, 3.05) is 54.0 Å². The maximum Gasteiger partial charge on any atom is 0.310 e. The number of likely N-dealkylation sites (N-methyl/N-ethyl adjacent to an activating group) is 2. The van der Waals surface area contributed by atoms with E-state index in [1.807, 2.05) is 0 Å². The molecule has 1 atom stereocenters. The highest BCUT2D eigenvalue weighted by Gasteiger charge is 2.30. The Labute approximate surface area is 182 Å². The molecule has 1 fully saturated rings. The van der Waals surface area contributed by atoms with Crippen LogP contribution in [0.2, 0.25) is 0 Å². The number of likely N-dealkylation sites (tertiary alicyclic amines) is 1. The number of amides is 3. The van der Waals surface area contributed by atoms with Crippen molar-refractivity contribution in [1.29, 1.82) is 0 Å². The highest BCUT2D eigenvalue weighted by molar-refractivity contribution is 5.96. The third-order valence-electron chi connectivity index (χ3n) is 5.06. The number of benzene rings is 1. The molecule has 9 nitrogen and oxygen atoms in total. The van der Waals surface area contributed by atoms with Gasteiger partial charge in [-0.2, -0.15) is 0 Å². The standard InChI is InChI=1S/C22H31N3O6/c1-5-30-22(29)17-9-7-11-25(13-17)19(26)14-24(4)21(28)16-8-6-10-18(12-16)31-15-20(27)23(2)3/h6,8,10,12,17H,5,7,9,11,13-15H2,1-4H3. The maximum atomic E-state index is 12.8. The number of nitrogens with zero attached hydrogens (tertiary/aromatic N) is 3. The summed E-state index contributed by atoms with van der Waals surface area (Å²) >= 11 is 0. The normalized spacial score (nSPS) is 15.7. The average molecular weight is 434 g/mol. The van der Waals surface area contributed by atoms with Crippen LogP contribution in [-0.4, -0.2) is 92.4 Å². The Morgan fingerprint density at radius 3 is 2.58 bits per heavy atom. The van der Waals surface area contributed by atoms with Crippen LogP contribution < -0.4 is 4.74 Å². The molecule has 9 heteroatoms. The SMILES string of the molecule is CCOC(=O)C1CCCN(C(=O)CN(C)C(=O)c2cccc(OCC(=O)N(C)C)c2)C1. The number of ether oxygens (including phenoxy) is 2. The Bertz CT molecular complexity index is 810. The Morgan fingerprint density at radius 2 is 1.90 bits per heavy atom. The summed E-state index contributed by atoms with van der Waals surface area (Å²) in [6.07, 6.45) is 1.42. The van der Waals surface area contributed by atoms with Crippen molar-refractivity contribution in [2.45, 2.75) is 19.8 Å². The molecule has 0 aliphatic carbocycles. The van der Waals surface area contributed by atoms with Crippen molar-refractivity contribution in [3.8, 4) is 5.75 Å². The Morgan fingerprint density at radius 1 is 1.16 bits per heavy atom. The molecule has 170 valence electrons. The second kappa shape index (κ2) is 11.3. The van der Waals surface area contributed by atoms with Gasteiger partial charge in [0.05, 0.1) is 19.1 Å². The number of rotatable bonds is 8. The van der Waals surface area contributed by atoms with Gasteiger partial charge < -0.3 is 24.2 Å². The molecule has 0 radical (unpaired) electrons. The summed E-state index contributed by atoms with van der Waals surface area (Å²) < 4.78 is 10.5. The highest BCUT2D eigenvalue weighted by atomic mass is 16.5. The smallest absolute Gasteiger partial charge is 0.310 e. The summed E-state index contributed by atoms with van der Waals surface area (Å²) in [4.78, 5) is 53.5. The number of carbonyl (C=O) groups is 4. The van der Waals surface area contributed by atoms with Crippen LogP contribution in [0.5, 0.6) is 5.75 Å². The molecule has 3 amide bonds.